The first-order chi connectivity index (χ1) is 9.15. The average molecular weight is 259 g/mol. The van der Waals surface area contributed by atoms with Gasteiger partial charge in [-0.1, -0.05) is 18.2 Å². The highest BCUT2D eigenvalue weighted by atomic mass is 16.6. The van der Waals surface area contributed by atoms with Gasteiger partial charge in [0.1, 0.15) is 12.1 Å². The maximum Gasteiger partial charge on any atom is 0.329 e. The van der Waals surface area contributed by atoms with E-state index in [-0.39, 0.29) is 18.0 Å². The third-order valence-electron chi connectivity index (χ3n) is 3.16. The minimum absolute atomic E-state index is 0.159. The van der Waals surface area contributed by atoms with Crippen molar-refractivity contribution in [2.45, 2.75) is 25.5 Å². The minimum atomic E-state index is -0.585. The van der Waals surface area contributed by atoms with Gasteiger partial charge in [-0.3, -0.25) is 9.89 Å². The van der Waals surface area contributed by atoms with Gasteiger partial charge in [-0.05, 0) is 13.0 Å². The second kappa shape index (κ2) is 4.38. The number of ether oxygens (including phenoxy) is 1. The third-order valence-corrected chi connectivity index (χ3v) is 3.16. The molecule has 6 heteroatoms. The number of esters is 1. The lowest BCUT2D eigenvalue weighted by molar-refractivity contribution is -0.142. The van der Waals surface area contributed by atoms with Crippen molar-refractivity contribution in [3.8, 4) is 0 Å². The number of carbonyl (C=O) groups is 2. The molecule has 1 aliphatic rings. The fourth-order valence-electron chi connectivity index (χ4n) is 2.24. The molecule has 0 bridgehead atoms. The second-order valence-corrected chi connectivity index (χ2v) is 4.63. The Labute approximate surface area is 109 Å². The Kier molecular flexibility index (Phi) is 2.70. The zero-order valence-corrected chi connectivity index (χ0v) is 10.3. The van der Waals surface area contributed by atoms with Crippen molar-refractivity contribution >= 4 is 22.8 Å². The molecule has 1 aromatic heterocycles. The van der Waals surface area contributed by atoms with Crippen molar-refractivity contribution in [3.63, 3.8) is 0 Å². The number of hydrogen-bond donors (Lipinski definition) is 2. The number of benzene rings is 1. The number of carbonyl (C=O) groups excluding carboxylic acids is 2. The molecule has 0 spiro atoms. The van der Waals surface area contributed by atoms with Crippen LogP contribution in [0.25, 0.3) is 10.9 Å². The molecule has 98 valence electrons. The molecule has 2 atom stereocenters. The summed E-state index contributed by atoms with van der Waals surface area (Å²) >= 11 is 0. The number of nitrogens with one attached hydrogen (secondary N) is 2. The van der Waals surface area contributed by atoms with Gasteiger partial charge >= 0.3 is 5.97 Å². The van der Waals surface area contributed by atoms with Crippen LogP contribution < -0.4 is 5.32 Å². The van der Waals surface area contributed by atoms with Crippen molar-refractivity contribution in [1.82, 2.24) is 15.5 Å². The number of rotatable bonds is 2. The Morgan fingerprint density at radius 1 is 1.47 bits per heavy atom. The van der Waals surface area contributed by atoms with Crippen LogP contribution >= 0.6 is 0 Å². The van der Waals surface area contributed by atoms with E-state index in [9.17, 15) is 9.59 Å². The number of aromatic nitrogens is 2. The quantitative estimate of drug-likeness (QED) is 0.788. The van der Waals surface area contributed by atoms with Gasteiger partial charge in [-0.25, -0.2) is 4.79 Å². The Morgan fingerprint density at radius 3 is 3.00 bits per heavy atom. The summed E-state index contributed by atoms with van der Waals surface area (Å²) in [5.41, 5.74) is 1.08. The Balaban J connectivity index is 1.83. The predicted molar refractivity (Wildman–Crippen MR) is 67.5 cm³/mol. The van der Waals surface area contributed by atoms with Gasteiger partial charge in [-0.2, -0.15) is 5.10 Å². The van der Waals surface area contributed by atoms with E-state index < -0.39 is 6.04 Å². The summed E-state index contributed by atoms with van der Waals surface area (Å²) in [5, 5.41) is 10.2. The fourth-order valence-corrected chi connectivity index (χ4v) is 2.24. The van der Waals surface area contributed by atoms with E-state index in [4.69, 9.17) is 4.74 Å². The first kappa shape index (κ1) is 11.7. The van der Waals surface area contributed by atoms with Crippen LogP contribution in [0.5, 0.6) is 0 Å². The van der Waals surface area contributed by atoms with E-state index in [0.29, 0.717) is 12.1 Å². The summed E-state index contributed by atoms with van der Waals surface area (Å²) < 4.78 is 5.00. The molecule has 0 aliphatic carbocycles. The predicted octanol–water partition coefficient (Wildman–Crippen LogP) is 0.997. The zero-order chi connectivity index (χ0) is 13.4. The first-order valence-corrected chi connectivity index (χ1v) is 6.09. The maximum absolute atomic E-state index is 12.1. The minimum Gasteiger partial charge on any atom is -0.461 e. The summed E-state index contributed by atoms with van der Waals surface area (Å²) in [6.07, 6.45) is 0.334. The highest BCUT2D eigenvalue weighted by molar-refractivity contribution is 6.05. The molecule has 1 amide bonds. The lowest BCUT2D eigenvalue weighted by atomic mass is 10.1. The smallest absolute Gasteiger partial charge is 0.329 e. The Morgan fingerprint density at radius 2 is 2.26 bits per heavy atom. The molecule has 2 heterocycles. The largest absolute Gasteiger partial charge is 0.461 e. The monoisotopic (exact) mass is 259 g/mol. The second-order valence-electron chi connectivity index (χ2n) is 4.63. The summed E-state index contributed by atoms with van der Waals surface area (Å²) in [6, 6.07) is 6.76. The van der Waals surface area contributed by atoms with E-state index in [0.717, 1.165) is 10.9 Å². The van der Waals surface area contributed by atoms with Gasteiger partial charge < -0.3 is 10.1 Å². The number of cyclic esters (lactones) is 1. The van der Waals surface area contributed by atoms with E-state index in [1.54, 1.807) is 6.92 Å². The molecular weight excluding hydrogens is 246 g/mol. The molecule has 2 N–H and O–H groups in total. The van der Waals surface area contributed by atoms with Crippen molar-refractivity contribution in [2.75, 3.05) is 0 Å². The number of H-pyrrole nitrogens is 1. The van der Waals surface area contributed by atoms with Crippen LogP contribution in [0.15, 0.2) is 24.3 Å². The van der Waals surface area contributed by atoms with Crippen molar-refractivity contribution < 1.29 is 14.3 Å². The number of hydrogen-bond acceptors (Lipinski definition) is 4. The molecule has 3 rings (SSSR count). The fraction of sp³-hybridized carbons (Fsp3) is 0.308. The average Bonchev–Trinajstić information content (AvgIpc) is 2.93. The van der Waals surface area contributed by atoms with Gasteiger partial charge in [0, 0.05) is 11.8 Å². The summed E-state index contributed by atoms with van der Waals surface area (Å²) in [6.45, 7) is 1.80. The van der Waals surface area contributed by atoms with Crippen LogP contribution in [0, 0.1) is 0 Å². The van der Waals surface area contributed by atoms with E-state index in [2.05, 4.69) is 15.5 Å². The van der Waals surface area contributed by atoms with Gasteiger partial charge in [0.25, 0.3) is 5.91 Å². The summed E-state index contributed by atoms with van der Waals surface area (Å²) in [7, 11) is 0. The molecule has 6 nitrogen and oxygen atoms in total. The van der Waals surface area contributed by atoms with Crippen LogP contribution in [0.2, 0.25) is 0 Å². The lowest BCUT2D eigenvalue weighted by Crippen LogP contribution is -2.38. The van der Waals surface area contributed by atoms with Gasteiger partial charge in [-0.15, -0.1) is 0 Å². The zero-order valence-electron chi connectivity index (χ0n) is 10.3. The van der Waals surface area contributed by atoms with Crippen molar-refractivity contribution in [1.29, 1.82) is 0 Å². The van der Waals surface area contributed by atoms with Gasteiger partial charge in [0.05, 0.1) is 5.52 Å². The molecule has 0 saturated carbocycles. The highest BCUT2D eigenvalue weighted by Gasteiger charge is 2.33. The van der Waals surface area contributed by atoms with Crippen LogP contribution in [0.1, 0.15) is 23.8 Å². The molecule has 1 aliphatic heterocycles. The van der Waals surface area contributed by atoms with E-state index in [1.807, 2.05) is 24.3 Å². The Hall–Kier alpha value is -2.37. The van der Waals surface area contributed by atoms with Crippen molar-refractivity contribution in [2.24, 2.45) is 0 Å². The van der Waals surface area contributed by atoms with E-state index >= 15 is 0 Å². The number of amides is 1. The molecule has 2 aromatic rings. The number of aromatic amines is 1. The normalized spacial score (nSPS) is 22.5. The third kappa shape index (κ3) is 2.05. The molecule has 1 saturated heterocycles. The molecular formula is C13H13N3O3. The highest BCUT2D eigenvalue weighted by Crippen LogP contribution is 2.17. The number of para-hydroxylation sites is 1. The molecule has 1 aromatic carbocycles. The SMILES string of the molecule is C[C@H]1C[C@@H](NC(=O)c2n[nH]c3ccccc23)C(=O)O1. The molecule has 0 radical (unpaired) electrons. The summed E-state index contributed by atoms with van der Waals surface area (Å²) in [4.78, 5) is 23.6. The van der Waals surface area contributed by atoms with Gasteiger partial charge in [0.15, 0.2) is 5.69 Å². The summed E-state index contributed by atoms with van der Waals surface area (Å²) in [5.74, 6) is -0.755. The molecule has 0 unspecified atom stereocenters. The van der Waals surface area contributed by atoms with Gasteiger partial charge in [0.2, 0.25) is 0 Å². The standard InChI is InChI=1S/C13H13N3O3/c1-7-6-10(13(18)19-7)14-12(17)11-8-4-2-3-5-9(8)15-16-11/h2-5,7,10H,6H2,1H3,(H,14,17)(H,15,16)/t7-,10+/m0/s1. The number of fused-ring (bicyclic) bond motifs is 1. The topological polar surface area (TPSA) is 84.1 Å². The lowest BCUT2D eigenvalue weighted by Gasteiger charge is -2.07. The first-order valence-electron chi connectivity index (χ1n) is 6.09. The number of nitrogens with zero attached hydrogens (tertiary/aromatic N) is 1. The Bertz CT molecular complexity index is 649. The van der Waals surface area contributed by atoms with Crippen LogP contribution in [0.3, 0.4) is 0 Å². The van der Waals surface area contributed by atoms with Crippen LogP contribution in [0.4, 0.5) is 0 Å². The maximum atomic E-state index is 12.1. The molecule has 19 heavy (non-hydrogen) atoms. The van der Waals surface area contributed by atoms with Crippen LogP contribution in [-0.4, -0.2) is 34.2 Å². The van der Waals surface area contributed by atoms with Crippen molar-refractivity contribution in [3.05, 3.63) is 30.0 Å². The van der Waals surface area contributed by atoms with Crippen LogP contribution in [-0.2, 0) is 9.53 Å². The molecule has 1 fully saturated rings. The van der Waals surface area contributed by atoms with E-state index in [1.165, 1.54) is 0 Å².